The van der Waals surface area contributed by atoms with Gasteiger partial charge < -0.3 is 18.0 Å². The molecular weight excluding hydrogens is 296 g/mol. The minimum Gasteiger partial charge on any atom is -0.377 e. The molecule has 0 atom stereocenters. The maximum Gasteiger partial charge on any atom is 0.528 e. The van der Waals surface area contributed by atoms with Crippen molar-refractivity contribution in [3.05, 3.63) is 0 Å². The van der Waals surface area contributed by atoms with Crippen LogP contribution in [-0.4, -0.2) is 41.5 Å². The Morgan fingerprint density at radius 2 is 0.864 bits per heavy atom. The van der Waals surface area contributed by atoms with Crippen molar-refractivity contribution >= 4 is 8.80 Å². The molecule has 0 aromatic carbocycles. The predicted molar refractivity (Wildman–Crippen MR) is 93.8 cm³/mol. The summed E-state index contributed by atoms with van der Waals surface area (Å²) in [6.45, 7) is 19.8. The van der Waals surface area contributed by atoms with Gasteiger partial charge in [-0.3, -0.25) is 0 Å². The molecule has 0 fully saturated rings. The molecule has 0 bridgehead atoms. The summed E-state index contributed by atoms with van der Waals surface area (Å²) in [6.07, 6.45) is 0.442. The van der Waals surface area contributed by atoms with Gasteiger partial charge in [0, 0.05) is 26.4 Å². The molecule has 0 aliphatic carbocycles. The van der Waals surface area contributed by atoms with Crippen LogP contribution in [-0.2, 0) is 18.0 Å². The lowest BCUT2D eigenvalue weighted by molar-refractivity contribution is 0.00225. The Bertz CT molecular complexity index is 236. The zero-order valence-electron chi connectivity index (χ0n) is 16.0. The van der Waals surface area contributed by atoms with Crippen LogP contribution in [0.15, 0.2) is 0 Å². The molecule has 0 aromatic heterocycles. The molecule has 4 nitrogen and oxygen atoms in total. The second-order valence-corrected chi connectivity index (χ2v) is 10.2. The zero-order chi connectivity index (χ0) is 17.2. The summed E-state index contributed by atoms with van der Waals surface area (Å²) in [5, 5.41) is 0. The molecule has 134 valence electrons. The van der Waals surface area contributed by atoms with E-state index in [0.717, 1.165) is 0 Å². The summed E-state index contributed by atoms with van der Waals surface area (Å²) >= 11 is 0. The fraction of sp³-hybridized carbons (Fsp3) is 1.00. The van der Waals surface area contributed by atoms with E-state index in [0.29, 0.717) is 56.3 Å². The van der Waals surface area contributed by atoms with E-state index in [2.05, 4.69) is 55.4 Å². The van der Waals surface area contributed by atoms with Crippen LogP contribution in [0, 0.1) is 23.7 Å². The summed E-state index contributed by atoms with van der Waals surface area (Å²) in [5.41, 5.74) is 0. The Kier molecular flexibility index (Phi) is 11.6. The Morgan fingerprint density at radius 3 is 1.14 bits per heavy atom. The van der Waals surface area contributed by atoms with Crippen LogP contribution in [0.2, 0.25) is 0 Å². The first-order valence-corrected chi connectivity index (χ1v) is 10.6. The first-order valence-electron chi connectivity index (χ1n) is 8.66. The number of hydrogen-bond donors (Lipinski definition) is 0. The maximum absolute atomic E-state index is 6.14. The highest BCUT2D eigenvalue weighted by Crippen LogP contribution is 2.16. The normalized spacial score (nSPS) is 13.1. The zero-order valence-corrected chi connectivity index (χ0v) is 17.0. The first-order chi connectivity index (χ1) is 10.2. The molecule has 0 radical (unpaired) electrons. The maximum atomic E-state index is 6.14. The van der Waals surface area contributed by atoms with Gasteiger partial charge >= 0.3 is 8.80 Å². The second-order valence-electron chi connectivity index (χ2n) is 7.71. The highest BCUT2D eigenvalue weighted by molar-refractivity contribution is 6.60. The SMILES string of the molecule is CC(C)COC[Si](OCC(C)C)(OCC(C)C)OCC(C)C. The summed E-state index contributed by atoms with van der Waals surface area (Å²) in [4.78, 5) is 0. The number of hydrogen-bond acceptors (Lipinski definition) is 4. The smallest absolute Gasteiger partial charge is 0.377 e. The van der Waals surface area contributed by atoms with Crippen molar-refractivity contribution in [2.75, 3.05) is 32.7 Å². The summed E-state index contributed by atoms with van der Waals surface area (Å²) in [5.74, 6) is 1.83. The largest absolute Gasteiger partial charge is 0.528 e. The highest BCUT2D eigenvalue weighted by Gasteiger charge is 2.43. The van der Waals surface area contributed by atoms with Crippen molar-refractivity contribution in [3.63, 3.8) is 0 Å². The lowest BCUT2D eigenvalue weighted by Crippen LogP contribution is -2.52. The van der Waals surface area contributed by atoms with E-state index in [1.165, 1.54) is 0 Å². The fourth-order valence-electron chi connectivity index (χ4n) is 1.55. The van der Waals surface area contributed by atoms with Crippen molar-refractivity contribution < 1.29 is 18.0 Å². The molecule has 0 N–H and O–H groups in total. The molecule has 0 aromatic rings. The molecule has 0 aliphatic heterocycles. The average molecular weight is 335 g/mol. The standard InChI is InChI=1S/C17H38O4Si/c1-14(2)9-18-13-22(19-10-15(3)4,20-11-16(5)6)21-12-17(7)8/h14-17H,9-13H2,1-8H3. The Hall–Kier alpha value is 0.0569. The lowest BCUT2D eigenvalue weighted by Gasteiger charge is -2.31. The van der Waals surface area contributed by atoms with Gasteiger partial charge in [-0.25, -0.2) is 0 Å². The Morgan fingerprint density at radius 1 is 0.545 bits per heavy atom. The Balaban J connectivity index is 4.83. The molecule has 0 saturated heterocycles. The van der Waals surface area contributed by atoms with Gasteiger partial charge in [0.2, 0.25) is 0 Å². The van der Waals surface area contributed by atoms with Crippen molar-refractivity contribution in [3.8, 4) is 0 Å². The molecule has 0 spiro atoms. The van der Waals surface area contributed by atoms with E-state index in [1.54, 1.807) is 0 Å². The van der Waals surface area contributed by atoms with Crippen LogP contribution < -0.4 is 0 Å². The van der Waals surface area contributed by atoms with Crippen LogP contribution in [0.3, 0.4) is 0 Å². The van der Waals surface area contributed by atoms with Gasteiger partial charge in [0.25, 0.3) is 0 Å². The molecule has 0 unspecified atom stereocenters. The second kappa shape index (κ2) is 11.6. The van der Waals surface area contributed by atoms with Gasteiger partial charge in [0.15, 0.2) is 0 Å². The monoisotopic (exact) mass is 334 g/mol. The van der Waals surface area contributed by atoms with Crippen LogP contribution in [0.4, 0.5) is 0 Å². The van der Waals surface area contributed by atoms with Crippen LogP contribution in [0.1, 0.15) is 55.4 Å². The third-order valence-electron chi connectivity index (χ3n) is 2.64. The van der Waals surface area contributed by atoms with Crippen molar-refractivity contribution in [1.82, 2.24) is 0 Å². The minimum absolute atomic E-state index is 0.442. The van der Waals surface area contributed by atoms with E-state index in [9.17, 15) is 0 Å². The molecule has 0 aliphatic rings. The molecule has 0 amide bonds. The van der Waals surface area contributed by atoms with E-state index in [1.807, 2.05) is 0 Å². The lowest BCUT2D eigenvalue weighted by atomic mass is 10.2. The molecule has 22 heavy (non-hydrogen) atoms. The van der Waals surface area contributed by atoms with Gasteiger partial charge in [-0.05, 0) is 23.7 Å². The van der Waals surface area contributed by atoms with Gasteiger partial charge in [0.1, 0.15) is 6.23 Å². The molecular formula is C17H38O4Si. The van der Waals surface area contributed by atoms with E-state index in [-0.39, 0.29) is 0 Å². The topological polar surface area (TPSA) is 36.9 Å². The van der Waals surface area contributed by atoms with Crippen molar-refractivity contribution in [1.29, 1.82) is 0 Å². The molecule has 0 heterocycles. The Labute approximate surface area is 139 Å². The average Bonchev–Trinajstić information content (AvgIpc) is 2.39. The van der Waals surface area contributed by atoms with E-state index in [4.69, 9.17) is 18.0 Å². The molecule has 0 rings (SSSR count). The van der Waals surface area contributed by atoms with Crippen LogP contribution in [0.25, 0.3) is 0 Å². The quantitative estimate of drug-likeness (QED) is 0.474. The third kappa shape index (κ3) is 11.6. The van der Waals surface area contributed by atoms with Gasteiger partial charge in [-0.1, -0.05) is 55.4 Å². The highest BCUT2D eigenvalue weighted by atomic mass is 28.4. The van der Waals surface area contributed by atoms with Crippen LogP contribution >= 0.6 is 0 Å². The number of rotatable bonds is 13. The van der Waals surface area contributed by atoms with E-state index < -0.39 is 8.80 Å². The summed E-state index contributed by atoms with van der Waals surface area (Å²) in [6, 6.07) is 0. The van der Waals surface area contributed by atoms with Gasteiger partial charge in [-0.15, -0.1) is 0 Å². The van der Waals surface area contributed by atoms with E-state index >= 15 is 0 Å². The van der Waals surface area contributed by atoms with Gasteiger partial charge in [-0.2, -0.15) is 0 Å². The predicted octanol–water partition coefficient (Wildman–Crippen LogP) is 4.15. The fourth-order valence-corrected chi connectivity index (χ4v) is 4.18. The van der Waals surface area contributed by atoms with Gasteiger partial charge in [0.05, 0.1) is 0 Å². The number of ether oxygens (including phenoxy) is 1. The summed E-state index contributed by atoms with van der Waals surface area (Å²) in [7, 11) is -2.77. The first kappa shape index (κ1) is 22.1. The van der Waals surface area contributed by atoms with Crippen molar-refractivity contribution in [2.24, 2.45) is 23.7 Å². The minimum atomic E-state index is -2.77. The third-order valence-corrected chi connectivity index (χ3v) is 5.02. The van der Waals surface area contributed by atoms with Crippen molar-refractivity contribution in [2.45, 2.75) is 55.4 Å². The molecule has 0 saturated carbocycles. The summed E-state index contributed by atoms with van der Waals surface area (Å²) < 4.78 is 24.3. The molecule has 5 heteroatoms. The van der Waals surface area contributed by atoms with Crippen LogP contribution in [0.5, 0.6) is 0 Å².